The summed E-state index contributed by atoms with van der Waals surface area (Å²) in [6.45, 7) is 0.656. The Bertz CT molecular complexity index is 703. The summed E-state index contributed by atoms with van der Waals surface area (Å²) in [4.78, 5) is 28.2. The zero-order chi connectivity index (χ0) is 16.8. The van der Waals surface area contributed by atoms with E-state index in [9.17, 15) is 9.59 Å². The number of likely N-dealkylation sites (N-methyl/N-ethyl adjacent to an activating group) is 1. The molecule has 0 aliphatic rings. The van der Waals surface area contributed by atoms with Crippen LogP contribution in [0.3, 0.4) is 0 Å². The quantitative estimate of drug-likeness (QED) is 0.878. The van der Waals surface area contributed by atoms with E-state index >= 15 is 0 Å². The van der Waals surface area contributed by atoms with Crippen molar-refractivity contribution in [1.29, 1.82) is 0 Å². The normalized spacial score (nSPS) is 10.2. The van der Waals surface area contributed by atoms with E-state index in [1.54, 1.807) is 31.3 Å². The molecular weight excluding hydrogens is 320 g/mol. The fourth-order valence-corrected chi connectivity index (χ4v) is 1.98. The van der Waals surface area contributed by atoms with Gasteiger partial charge in [0.25, 0.3) is 5.91 Å². The number of pyridine rings is 1. The number of carbonyl (C=O) groups is 2. The lowest BCUT2D eigenvalue weighted by Crippen LogP contribution is -2.31. The predicted octanol–water partition coefficient (Wildman–Crippen LogP) is 2.58. The van der Waals surface area contributed by atoms with Crippen LogP contribution in [0.25, 0.3) is 0 Å². The van der Waals surface area contributed by atoms with Gasteiger partial charge in [0.05, 0.1) is 12.1 Å². The second-order valence-electron chi connectivity index (χ2n) is 4.77. The molecule has 2 aromatic rings. The van der Waals surface area contributed by atoms with Gasteiger partial charge in [-0.2, -0.15) is 0 Å². The fraction of sp³-hybridized carbons (Fsp3) is 0.188. The second-order valence-corrected chi connectivity index (χ2v) is 5.21. The summed E-state index contributed by atoms with van der Waals surface area (Å²) in [5.41, 5.74) is 0.216. The Balaban J connectivity index is 1.88. The van der Waals surface area contributed by atoms with E-state index < -0.39 is 5.97 Å². The summed E-state index contributed by atoms with van der Waals surface area (Å²) in [6.07, 6.45) is 1.16. The van der Waals surface area contributed by atoms with E-state index in [0.717, 1.165) is 6.20 Å². The number of halogens is 1. The molecule has 6 nitrogen and oxygen atoms in total. The highest BCUT2D eigenvalue weighted by atomic mass is 35.5. The highest BCUT2D eigenvalue weighted by molar-refractivity contribution is 6.30. The number of carbonyl (C=O) groups excluding carboxylic acids is 1. The van der Waals surface area contributed by atoms with Gasteiger partial charge in [-0.25, -0.2) is 4.79 Å². The molecule has 0 fully saturated rings. The van der Waals surface area contributed by atoms with Crippen molar-refractivity contribution in [1.82, 2.24) is 9.88 Å². The Morgan fingerprint density at radius 2 is 2.09 bits per heavy atom. The van der Waals surface area contributed by atoms with Crippen LogP contribution in [0.15, 0.2) is 42.6 Å². The molecule has 2 rings (SSSR count). The van der Waals surface area contributed by atoms with Gasteiger partial charge in [0.15, 0.2) is 0 Å². The molecule has 1 aromatic heterocycles. The molecule has 0 saturated carbocycles. The van der Waals surface area contributed by atoms with Crippen molar-refractivity contribution in [2.45, 2.75) is 0 Å². The van der Waals surface area contributed by atoms with Gasteiger partial charge in [-0.05, 0) is 30.3 Å². The maximum Gasteiger partial charge on any atom is 0.337 e. The molecular formula is C16H15ClN2O4. The third-order valence-electron chi connectivity index (χ3n) is 3.07. The summed E-state index contributed by atoms with van der Waals surface area (Å²) in [5.74, 6) is -0.765. The van der Waals surface area contributed by atoms with Crippen molar-refractivity contribution in [2.24, 2.45) is 0 Å². The number of carboxylic acid groups (broad SMARTS) is 1. The molecule has 1 N–H and O–H groups in total. The van der Waals surface area contributed by atoms with Crippen LogP contribution in [-0.2, 0) is 0 Å². The smallest absolute Gasteiger partial charge is 0.337 e. The Kier molecular flexibility index (Phi) is 5.54. The molecule has 0 bridgehead atoms. The Labute approximate surface area is 138 Å². The number of aromatic nitrogens is 1. The van der Waals surface area contributed by atoms with Crippen molar-refractivity contribution in [3.05, 3.63) is 58.9 Å². The van der Waals surface area contributed by atoms with Crippen LogP contribution in [0.1, 0.15) is 20.8 Å². The number of aromatic carboxylic acids is 1. The minimum Gasteiger partial charge on any atom is -0.492 e. The highest BCUT2D eigenvalue weighted by Crippen LogP contribution is 2.16. The standard InChI is InChI=1S/C16H15ClN2O4/c1-19(7-8-23-13-4-2-3-12(17)9-13)15(20)14-6-5-11(10-18-14)16(21)22/h2-6,9-10H,7-8H2,1H3,(H,21,22). The van der Waals surface area contributed by atoms with Crippen molar-refractivity contribution in [3.8, 4) is 5.75 Å². The van der Waals surface area contributed by atoms with Crippen LogP contribution < -0.4 is 4.74 Å². The second kappa shape index (κ2) is 7.60. The lowest BCUT2D eigenvalue weighted by molar-refractivity contribution is 0.0693. The van der Waals surface area contributed by atoms with Gasteiger partial charge in [-0.3, -0.25) is 9.78 Å². The van der Waals surface area contributed by atoms with E-state index in [2.05, 4.69) is 4.98 Å². The molecule has 0 spiro atoms. The van der Waals surface area contributed by atoms with Crippen LogP contribution in [0.5, 0.6) is 5.75 Å². The Morgan fingerprint density at radius 3 is 2.70 bits per heavy atom. The maximum absolute atomic E-state index is 12.2. The van der Waals surface area contributed by atoms with Crippen molar-refractivity contribution in [3.63, 3.8) is 0 Å². The number of amides is 1. The molecule has 1 aromatic carbocycles. The molecule has 0 aliphatic carbocycles. The van der Waals surface area contributed by atoms with Crippen LogP contribution in [-0.4, -0.2) is 47.1 Å². The van der Waals surface area contributed by atoms with Crippen molar-refractivity contribution < 1.29 is 19.4 Å². The number of nitrogens with zero attached hydrogens (tertiary/aromatic N) is 2. The summed E-state index contributed by atoms with van der Waals surface area (Å²) in [7, 11) is 1.62. The first-order valence-electron chi connectivity index (χ1n) is 6.80. The van der Waals surface area contributed by atoms with Crippen molar-refractivity contribution in [2.75, 3.05) is 20.2 Å². The molecule has 0 atom stereocenters. The number of benzene rings is 1. The average molecular weight is 335 g/mol. The largest absolute Gasteiger partial charge is 0.492 e. The number of hydrogen-bond acceptors (Lipinski definition) is 4. The van der Waals surface area contributed by atoms with Gasteiger partial charge in [0.1, 0.15) is 18.1 Å². The number of carboxylic acids is 1. The molecule has 0 unspecified atom stereocenters. The van der Waals surface area contributed by atoms with Gasteiger partial charge in [0, 0.05) is 18.3 Å². The Morgan fingerprint density at radius 1 is 1.30 bits per heavy atom. The molecule has 0 saturated heterocycles. The van der Waals surface area contributed by atoms with E-state index in [-0.39, 0.29) is 17.2 Å². The minimum absolute atomic E-state index is 0.0356. The molecule has 1 amide bonds. The van der Waals surface area contributed by atoms with Gasteiger partial charge in [-0.1, -0.05) is 17.7 Å². The monoisotopic (exact) mass is 334 g/mol. The fourth-order valence-electron chi connectivity index (χ4n) is 1.80. The summed E-state index contributed by atoms with van der Waals surface area (Å²) < 4.78 is 5.52. The maximum atomic E-state index is 12.2. The first-order chi connectivity index (χ1) is 11.0. The van der Waals surface area contributed by atoms with E-state index in [0.29, 0.717) is 23.9 Å². The van der Waals surface area contributed by atoms with Crippen molar-refractivity contribution >= 4 is 23.5 Å². The van der Waals surface area contributed by atoms with E-state index in [1.165, 1.54) is 17.0 Å². The van der Waals surface area contributed by atoms with Gasteiger partial charge < -0.3 is 14.7 Å². The number of ether oxygens (including phenoxy) is 1. The summed E-state index contributed by atoms with van der Waals surface area (Å²) in [5, 5.41) is 9.38. The third-order valence-corrected chi connectivity index (χ3v) is 3.30. The number of rotatable bonds is 6. The third kappa shape index (κ3) is 4.69. The van der Waals surface area contributed by atoms with Crippen LogP contribution in [0, 0.1) is 0 Å². The lowest BCUT2D eigenvalue weighted by atomic mass is 10.2. The summed E-state index contributed by atoms with van der Waals surface area (Å²) in [6, 6.07) is 9.73. The molecule has 0 radical (unpaired) electrons. The first-order valence-corrected chi connectivity index (χ1v) is 7.18. The van der Waals surface area contributed by atoms with Crippen LogP contribution >= 0.6 is 11.6 Å². The van der Waals surface area contributed by atoms with E-state index in [4.69, 9.17) is 21.4 Å². The predicted molar refractivity (Wildman–Crippen MR) is 85.1 cm³/mol. The van der Waals surface area contributed by atoms with Crippen LogP contribution in [0.2, 0.25) is 5.02 Å². The SMILES string of the molecule is CN(CCOc1cccc(Cl)c1)C(=O)c1ccc(C(=O)O)cn1. The van der Waals surface area contributed by atoms with Crippen LogP contribution in [0.4, 0.5) is 0 Å². The molecule has 120 valence electrons. The molecule has 7 heteroatoms. The lowest BCUT2D eigenvalue weighted by Gasteiger charge is -2.17. The van der Waals surface area contributed by atoms with Gasteiger partial charge >= 0.3 is 5.97 Å². The highest BCUT2D eigenvalue weighted by Gasteiger charge is 2.14. The zero-order valence-corrected chi connectivity index (χ0v) is 13.2. The molecule has 23 heavy (non-hydrogen) atoms. The van der Waals surface area contributed by atoms with Gasteiger partial charge in [0.2, 0.25) is 0 Å². The minimum atomic E-state index is -1.08. The zero-order valence-electron chi connectivity index (χ0n) is 12.4. The van der Waals surface area contributed by atoms with Gasteiger partial charge in [-0.15, -0.1) is 0 Å². The number of hydrogen-bond donors (Lipinski definition) is 1. The molecule has 0 aliphatic heterocycles. The first kappa shape index (κ1) is 16.8. The molecule has 1 heterocycles. The summed E-state index contributed by atoms with van der Waals surface area (Å²) >= 11 is 5.86. The van der Waals surface area contributed by atoms with E-state index in [1.807, 2.05) is 0 Å². The Hall–Kier alpha value is -2.60. The topological polar surface area (TPSA) is 79.7 Å². The average Bonchev–Trinajstić information content (AvgIpc) is 2.54.